The van der Waals surface area contributed by atoms with Gasteiger partial charge in [0.25, 0.3) is 5.91 Å². The van der Waals surface area contributed by atoms with Crippen LogP contribution in [0, 0.1) is 5.82 Å². The topological polar surface area (TPSA) is 86.6 Å². The summed E-state index contributed by atoms with van der Waals surface area (Å²) in [6.07, 6.45) is 0.0546. The number of phenolic OH excluding ortho intramolecular Hbond substituents is 1. The highest BCUT2D eigenvalue weighted by molar-refractivity contribution is 6.30. The van der Waals surface area contributed by atoms with Gasteiger partial charge in [0.1, 0.15) is 17.6 Å². The maximum absolute atomic E-state index is 13.9. The Morgan fingerprint density at radius 1 is 0.829 bits per heavy atom. The van der Waals surface area contributed by atoms with E-state index in [2.05, 4.69) is 5.32 Å². The van der Waals surface area contributed by atoms with Gasteiger partial charge in [0.05, 0.1) is 10.6 Å². The number of hydrogen-bond donors (Lipinski definition) is 3. The van der Waals surface area contributed by atoms with E-state index in [1.54, 1.807) is 6.07 Å². The van der Waals surface area contributed by atoms with Gasteiger partial charge in [0.15, 0.2) is 0 Å². The molecule has 1 atom stereocenters. The molecule has 176 valence electrons. The molecule has 0 spiro atoms. The number of benzene rings is 4. The lowest BCUT2D eigenvalue weighted by Gasteiger charge is -2.16. The summed E-state index contributed by atoms with van der Waals surface area (Å²) in [6, 6.07) is 24.4. The van der Waals surface area contributed by atoms with Gasteiger partial charge in [-0.3, -0.25) is 4.79 Å². The van der Waals surface area contributed by atoms with Gasteiger partial charge >= 0.3 is 5.97 Å². The predicted octanol–water partition coefficient (Wildman–Crippen LogP) is 5.94. The molecule has 0 saturated heterocycles. The van der Waals surface area contributed by atoms with Crippen molar-refractivity contribution in [1.82, 2.24) is 5.32 Å². The van der Waals surface area contributed by atoms with Gasteiger partial charge in [0.2, 0.25) is 0 Å². The monoisotopic (exact) mass is 489 g/mol. The molecule has 4 aromatic rings. The second kappa shape index (κ2) is 10.4. The lowest BCUT2D eigenvalue weighted by molar-refractivity contribution is -0.139. The highest BCUT2D eigenvalue weighted by Crippen LogP contribution is 2.28. The van der Waals surface area contributed by atoms with E-state index in [1.807, 2.05) is 54.6 Å². The van der Waals surface area contributed by atoms with Gasteiger partial charge in [-0.2, -0.15) is 0 Å². The number of halogens is 2. The van der Waals surface area contributed by atoms with Crippen LogP contribution >= 0.6 is 11.6 Å². The number of nitrogens with one attached hydrogen (secondary N) is 1. The molecule has 0 aliphatic heterocycles. The summed E-state index contributed by atoms with van der Waals surface area (Å²) in [5.74, 6) is -2.91. The fraction of sp³-hybridized carbons (Fsp3) is 0.0714. The molecule has 1 unspecified atom stereocenters. The first kappa shape index (κ1) is 24.0. The lowest BCUT2D eigenvalue weighted by atomic mass is 9.99. The fourth-order valence-corrected chi connectivity index (χ4v) is 3.83. The van der Waals surface area contributed by atoms with Crippen LogP contribution in [0.4, 0.5) is 4.39 Å². The number of phenols is 1. The van der Waals surface area contributed by atoms with Crippen LogP contribution in [-0.4, -0.2) is 28.1 Å². The Hall–Kier alpha value is -4.16. The number of rotatable bonds is 7. The van der Waals surface area contributed by atoms with Crippen molar-refractivity contribution in [2.24, 2.45) is 0 Å². The van der Waals surface area contributed by atoms with Gasteiger partial charge in [-0.25, -0.2) is 9.18 Å². The average molecular weight is 490 g/mol. The summed E-state index contributed by atoms with van der Waals surface area (Å²) in [7, 11) is 0. The summed E-state index contributed by atoms with van der Waals surface area (Å²) >= 11 is 5.73. The zero-order valence-electron chi connectivity index (χ0n) is 18.4. The molecule has 0 aromatic heterocycles. The fourth-order valence-electron chi connectivity index (χ4n) is 3.71. The molecule has 0 bridgehead atoms. The predicted molar refractivity (Wildman–Crippen MR) is 133 cm³/mol. The summed E-state index contributed by atoms with van der Waals surface area (Å²) in [5.41, 5.74) is 3.56. The molecular weight excluding hydrogens is 469 g/mol. The molecule has 0 radical (unpaired) electrons. The molecule has 4 rings (SSSR count). The van der Waals surface area contributed by atoms with E-state index < -0.39 is 23.7 Å². The van der Waals surface area contributed by atoms with Crippen molar-refractivity contribution in [2.45, 2.75) is 12.5 Å². The first-order chi connectivity index (χ1) is 16.8. The van der Waals surface area contributed by atoms with E-state index in [1.165, 1.54) is 30.3 Å². The third-order valence-corrected chi connectivity index (χ3v) is 5.90. The molecule has 4 aromatic carbocycles. The Balaban J connectivity index is 1.52. The molecule has 0 saturated carbocycles. The van der Waals surface area contributed by atoms with Crippen molar-refractivity contribution in [3.8, 4) is 28.0 Å². The molecule has 0 aliphatic rings. The second-order valence-corrected chi connectivity index (χ2v) is 8.40. The van der Waals surface area contributed by atoms with Crippen LogP contribution in [0.3, 0.4) is 0 Å². The zero-order valence-corrected chi connectivity index (χ0v) is 19.2. The Bertz CT molecular complexity index is 1370. The van der Waals surface area contributed by atoms with Crippen molar-refractivity contribution >= 4 is 23.5 Å². The van der Waals surface area contributed by atoms with E-state index in [9.17, 15) is 24.2 Å². The number of aromatic hydroxyl groups is 1. The smallest absolute Gasteiger partial charge is 0.326 e. The number of hydrogen-bond acceptors (Lipinski definition) is 3. The number of carbonyl (C=O) groups is 2. The van der Waals surface area contributed by atoms with Gasteiger partial charge in [0, 0.05) is 6.42 Å². The molecule has 5 nitrogen and oxygen atoms in total. The van der Waals surface area contributed by atoms with Crippen LogP contribution in [0.2, 0.25) is 5.02 Å². The minimum Gasteiger partial charge on any atom is -0.507 e. The first-order valence-electron chi connectivity index (χ1n) is 10.8. The molecule has 0 heterocycles. The van der Waals surface area contributed by atoms with Crippen molar-refractivity contribution in [3.63, 3.8) is 0 Å². The Morgan fingerprint density at radius 2 is 1.43 bits per heavy atom. The van der Waals surface area contributed by atoms with Gasteiger partial charge < -0.3 is 15.5 Å². The Morgan fingerprint density at radius 3 is 2.09 bits per heavy atom. The molecule has 0 fully saturated rings. The van der Waals surface area contributed by atoms with E-state index in [4.69, 9.17) is 11.6 Å². The van der Waals surface area contributed by atoms with Gasteiger partial charge in [-0.1, -0.05) is 78.3 Å². The first-order valence-corrected chi connectivity index (χ1v) is 11.2. The minimum atomic E-state index is -1.22. The summed E-state index contributed by atoms with van der Waals surface area (Å²) < 4.78 is 13.9. The van der Waals surface area contributed by atoms with Gasteiger partial charge in [-0.15, -0.1) is 0 Å². The zero-order chi connectivity index (χ0) is 24.9. The van der Waals surface area contributed by atoms with Crippen LogP contribution < -0.4 is 5.32 Å². The quantitative estimate of drug-likeness (QED) is 0.299. The van der Waals surface area contributed by atoms with E-state index in [0.717, 1.165) is 16.7 Å². The number of carbonyl (C=O) groups excluding carboxylic acids is 1. The molecule has 1 amide bonds. The summed E-state index contributed by atoms with van der Waals surface area (Å²) in [6.45, 7) is 0. The van der Waals surface area contributed by atoms with Crippen LogP contribution in [0.15, 0.2) is 91.0 Å². The van der Waals surface area contributed by atoms with E-state index in [0.29, 0.717) is 11.1 Å². The van der Waals surface area contributed by atoms with E-state index >= 15 is 0 Å². The normalized spacial score (nSPS) is 11.6. The highest BCUT2D eigenvalue weighted by Gasteiger charge is 2.23. The molecule has 0 aliphatic carbocycles. The van der Waals surface area contributed by atoms with Crippen molar-refractivity contribution < 1.29 is 24.2 Å². The maximum Gasteiger partial charge on any atom is 0.326 e. The molecular formula is C28H21ClFNO4. The largest absolute Gasteiger partial charge is 0.507 e. The lowest BCUT2D eigenvalue weighted by Crippen LogP contribution is -2.42. The van der Waals surface area contributed by atoms with Crippen LogP contribution in [-0.2, 0) is 11.2 Å². The maximum atomic E-state index is 13.9. The number of amides is 1. The molecule has 7 heteroatoms. The highest BCUT2D eigenvalue weighted by atomic mass is 35.5. The van der Waals surface area contributed by atoms with Crippen molar-refractivity contribution in [3.05, 3.63) is 113 Å². The second-order valence-electron chi connectivity index (χ2n) is 7.99. The summed E-state index contributed by atoms with van der Waals surface area (Å²) in [4.78, 5) is 24.8. The van der Waals surface area contributed by atoms with Crippen molar-refractivity contribution in [1.29, 1.82) is 0 Å². The minimum absolute atomic E-state index is 0.0356. The van der Waals surface area contributed by atoms with Gasteiger partial charge in [-0.05, 0) is 52.1 Å². The van der Waals surface area contributed by atoms with Crippen LogP contribution in [0.1, 0.15) is 15.9 Å². The SMILES string of the molecule is O=C(NC(Cc1ccc(-c2ccccc2)cc1)C(=O)O)c1cc(-c2ccc(Cl)c(F)c2)ccc1O. The molecule has 3 N–H and O–H groups in total. The van der Waals surface area contributed by atoms with Crippen molar-refractivity contribution in [2.75, 3.05) is 0 Å². The van der Waals surface area contributed by atoms with Crippen LogP contribution in [0.25, 0.3) is 22.3 Å². The average Bonchev–Trinajstić information content (AvgIpc) is 2.86. The Labute approximate surface area is 206 Å². The number of carboxylic acids is 1. The van der Waals surface area contributed by atoms with Crippen LogP contribution in [0.5, 0.6) is 5.75 Å². The molecule has 35 heavy (non-hydrogen) atoms. The number of carboxylic acid groups (broad SMARTS) is 1. The standard InChI is InChI=1S/C28H21ClFNO4/c29-23-12-10-21(16-24(23)30)20-11-13-26(32)22(15-20)27(33)31-25(28(34)35)14-17-6-8-19(9-7-17)18-4-2-1-3-5-18/h1-13,15-16,25,32H,14H2,(H,31,33)(H,34,35). The summed E-state index contributed by atoms with van der Waals surface area (Å²) in [5, 5.41) is 22.4. The van der Waals surface area contributed by atoms with E-state index in [-0.39, 0.29) is 22.8 Å². The Kier molecular flexibility index (Phi) is 7.13. The number of aliphatic carboxylic acids is 1. The third kappa shape index (κ3) is 5.67. The third-order valence-electron chi connectivity index (χ3n) is 5.60.